The molecule has 0 saturated carbocycles. The van der Waals surface area contributed by atoms with Gasteiger partial charge in [-0.25, -0.2) is 9.50 Å². The molecule has 150 valence electrons. The van der Waals surface area contributed by atoms with Gasteiger partial charge >= 0.3 is 0 Å². The molecule has 11 heteroatoms. The van der Waals surface area contributed by atoms with Crippen molar-refractivity contribution in [3.8, 4) is 11.4 Å². The predicted octanol–water partition coefficient (Wildman–Crippen LogP) is 3.03. The quantitative estimate of drug-likeness (QED) is 0.441. The van der Waals surface area contributed by atoms with E-state index in [1.165, 1.54) is 0 Å². The van der Waals surface area contributed by atoms with Crippen LogP contribution < -0.4 is 0 Å². The molecule has 4 aromatic rings. The van der Waals surface area contributed by atoms with Gasteiger partial charge in [-0.15, -0.1) is 0 Å². The van der Waals surface area contributed by atoms with E-state index in [2.05, 4.69) is 36.2 Å². The Morgan fingerprint density at radius 2 is 2.14 bits per heavy atom. The number of halogens is 2. The molecule has 0 aliphatic carbocycles. The second-order valence-corrected chi connectivity index (χ2v) is 7.80. The fourth-order valence-electron chi connectivity index (χ4n) is 3.02. The number of nitrogens with zero attached hydrogens (tertiary/aromatic N) is 8. The second kappa shape index (κ2) is 7.60. The molecule has 0 atom stereocenters. The molecule has 9 nitrogen and oxygen atoms in total. The molecule has 4 aromatic heterocycles. The molecule has 0 saturated heterocycles. The second-order valence-electron chi connectivity index (χ2n) is 6.54. The topological polar surface area (TPSA) is 86.1 Å². The molecule has 0 radical (unpaired) electrons. The number of rotatable bonds is 5. The molecular weight excluding hydrogens is 460 g/mol. The Bertz CT molecular complexity index is 1190. The van der Waals surface area contributed by atoms with Crippen LogP contribution in [-0.4, -0.2) is 52.0 Å². The van der Waals surface area contributed by atoms with E-state index in [9.17, 15) is 4.79 Å². The Kier molecular flexibility index (Phi) is 5.13. The molecule has 0 aromatic carbocycles. The summed E-state index contributed by atoms with van der Waals surface area (Å²) < 4.78 is 5.95. The van der Waals surface area contributed by atoms with Gasteiger partial charge in [0.15, 0.2) is 11.3 Å². The SMILES string of the molecule is CCn1cc(Br)c(-c2ccnc3cc(C(=O)N(C)Cc4c(Cl)cnn4C)nn23)n1. The van der Waals surface area contributed by atoms with Crippen molar-refractivity contribution >= 4 is 39.1 Å². The maximum absolute atomic E-state index is 12.9. The first-order chi connectivity index (χ1) is 13.9. The first-order valence-electron chi connectivity index (χ1n) is 8.89. The molecule has 0 aliphatic rings. The van der Waals surface area contributed by atoms with Crippen LogP contribution in [0.4, 0.5) is 0 Å². The van der Waals surface area contributed by atoms with Crippen molar-refractivity contribution in [2.75, 3.05) is 7.05 Å². The third-order valence-corrected chi connectivity index (χ3v) is 5.50. The lowest BCUT2D eigenvalue weighted by Crippen LogP contribution is -2.27. The van der Waals surface area contributed by atoms with Gasteiger partial charge in [0.1, 0.15) is 5.69 Å². The lowest BCUT2D eigenvalue weighted by molar-refractivity contribution is 0.0776. The Hall–Kier alpha value is -2.72. The standard InChI is InChI=1S/C18H18BrClN8O/c1-4-27-9-11(19)17(24-27)14-5-6-21-16-7-13(23-28(14)16)18(29)25(2)10-15-12(20)8-22-26(15)3/h5-9H,4,10H2,1-3H3. The fourth-order valence-corrected chi connectivity index (χ4v) is 3.76. The average molecular weight is 478 g/mol. The van der Waals surface area contributed by atoms with Crippen LogP contribution in [0.1, 0.15) is 23.1 Å². The molecular formula is C18H18BrClN8O. The molecule has 4 rings (SSSR count). The number of carbonyl (C=O) groups excluding carboxylic acids is 1. The first kappa shape index (κ1) is 19.6. The summed E-state index contributed by atoms with van der Waals surface area (Å²) in [6.07, 6.45) is 5.14. The van der Waals surface area contributed by atoms with Gasteiger partial charge in [-0.3, -0.25) is 14.2 Å². The van der Waals surface area contributed by atoms with Gasteiger partial charge < -0.3 is 4.90 Å². The van der Waals surface area contributed by atoms with Gasteiger partial charge in [-0.05, 0) is 28.9 Å². The van der Waals surface area contributed by atoms with E-state index in [1.54, 1.807) is 46.7 Å². The molecule has 4 heterocycles. The molecule has 0 spiro atoms. The van der Waals surface area contributed by atoms with Crippen LogP contribution in [0.3, 0.4) is 0 Å². The van der Waals surface area contributed by atoms with E-state index < -0.39 is 0 Å². The molecule has 0 unspecified atom stereocenters. The van der Waals surface area contributed by atoms with Crippen LogP contribution in [0, 0.1) is 0 Å². The van der Waals surface area contributed by atoms with Crippen molar-refractivity contribution in [3.63, 3.8) is 0 Å². The number of carbonyl (C=O) groups is 1. The number of hydrogen-bond acceptors (Lipinski definition) is 5. The Labute approximate surface area is 180 Å². The molecule has 29 heavy (non-hydrogen) atoms. The van der Waals surface area contributed by atoms with Crippen molar-refractivity contribution in [1.29, 1.82) is 0 Å². The van der Waals surface area contributed by atoms with Crippen molar-refractivity contribution < 1.29 is 4.79 Å². The summed E-state index contributed by atoms with van der Waals surface area (Å²) >= 11 is 9.70. The lowest BCUT2D eigenvalue weighted by Gasteiger charge is -2.16. The van der Waals surface area contributed by atoms with Crippen LogP contribution in [0.2, 0.25) is 5.02 Å². The number of hydrogen-bond donors (Lipinski definition) is 0. The fraction of sp³-hybridized carbons (Fsp3) is 0.278. The highest BCUT2D eigenvalue weighted by molar-refractivity contribution is 9.10. The zero-order valence-electron chi connectivity index (χ0n) is 16.0. The van der Waals surface area contributed by atoms with E-state index in [-0.39, 0.29) is 11.6 Å². The van der Waals surface area contributed by atoms with E-state index in [0.717, 1.165) is 28.1 Å². The van der Waals surface area contributed by atoms with Gasteiger partial charge in [0, 0.05) is 39.1 Å². The van der Waals surface area contributed by atoms with Gasteiger partial charge in [0.25, 0.3) is 5.91 Å². The number of aryl methyl sites for hydroxylation is 2. The maximum atomic E-state index is 12.9. The summed E-state index contributed by atoms with van der Waals surface area (Å²) in [6, 6.07) is 3.48. The summed E-state index contributed by atoms with van der Waals surface area (Å²) in [5, 5.41) is 13.7. The number of fused-ring (bicyclic) bond motifs is 1. The van der Waals surface area contributed by atoms with Crippen molar-refractivity contribution in [1.82, 2.24) is 39.1 Å². The molecule has 0 fully saturated rings. The summed E-state index contributed by atoms with van der Waals surface area (Å²) in [7, 11) is 3.48. The van der Waals surface area contributed by atoms with Gasteiger partial charge in [-0.2, -0.15) is 15.3 Å². The highest BCUT2D eigenvalue weighted by Gasteiger charge is 2.21. The van der Waals surface area contributed by atoms with E-state index in [1.807, 2.05) is 23.9 Å². The number of amides is 1. The van der Waals surface area contributed by atoms with Crippen LogP contribution in [0.5, 0.6) is 0 Å². The summed E-state index contributed by atoms with van der Waals surface area (Å²) in [4.78, 5) is 18.8. The minimum atomic E-state index is -0.239. The third kappa shape index (κ3) is 3.53. The Morgan fingerprint density at radius 1 is 1.34 bits per heavy atom. The van der Waals surface area contributed by atoms with Crippen LogP contribution in [0.15, 0.2) is 35.2 Å². The minimum Gasteiger partial charge on any atom is -0.334 e. The van der Waals surface area contributed by atoms with Gasteiger partial charge in [0.2, 0.25) is 0 Å². The van der Waals surface area contributed by atoms with Crippen molar-refractivity contribution in [2.45, 2.75) is 20.0 Å². The number of aromatic nitrogens is 7. The largest absolute Gasteiger partial charge is 0.334 e. The highest BCUT2D eigenvalue weighted by atomic mass is 79.9. The van der Waals surface area contributed by atoms with Gasteiger partial charge in [0.05, 0.1) is 33.6 Å². The molecule has 0 bridgehead atoms. The smallest absolute Gasteiger partial charge is 0.274 e. The Balaban J connectivity index is 1.68. The summed E-state index contributed by atoms with van der Waals surface area (Å²) in [6.45, 7) is 3.08. The zero-order chi connectivity index (χ0) is 20.7. The molecule has 1 amide bonds. The average Bonchev–Trinajstić information content (AvgIpc) is 3.39. The van der Waals surface area contributed by atoms with E-state index in [0.29, 0.717) is 17.2 Å². The first-order valence-corrected chi connectivity index (χ1v) is 10.1. The summed E-state index contributed by atoms with van der Waals surface area (Å²) in [5.41, 5.74) is 3.08. The summed E-state index contributed by atoms with van der Waals surface area (Å²) in [5.74, 6) is -0.239. The van der Waals surface area contributed by atoms with Crippen LogP contribution >= 0.6 is 27.5 Å². The molecule has 0 N–H and O–H groups in total. The minimum absolute atomic E-state index is 0.239. The molecule has 0 aliphatic heterocycles. The van der Waals surface area contributed by atoms with Crippen molar-refractivity contribution in [2.24, 2.45) is 7.05 Å². The monoisotopic (exact) mass is 476 g/mol. The van der Waals surface area contributed by atoms with E-state index >= 15 is 0 Å². The van der Waals surface area contributed by atoms with Crippen molar-refractivity contribution in [3.05, 3.63) is 51.6 Å². The van der Waals surface area contributed by atoms with E-state index in [4.69, 9.17) is 11.6 Å². The Morgan fingerprint density at radius 3 is 2.79 bits per heavy atom. The van der Waals surface area contributed by atoms with Crippen LogP contribution in [-0.2, 0) is 20.1 Å². The predicted molar refractivity (Wildman–Crippen MR) is 112 cm³/mol. The maximum Gasteiger partial charge on any atom is 0.274 e. The zero-order valence-corrected chi connectivity index (χ0v) is 18.4. The van der Waals surface area contributed by atoms with Gasteiger partial charge in [-0.1, -0.05) is 11.6 Å². The highest BCUT2D eigenvalue weighted by Crippen LogP contribution is 2.27. The normalized spacial score (nSPS) is 11.3. The lowest BCUT2D eigenvalue weighted by atomic mass is 10.3. The van der Waals surface area contributed by atoms with Crippen LogP contribution in [0.25, 0.3) is 17.0 Å². The third-order valence-electron chi connectivity index (χ3n) is 4.60.